The molecule has 21 heavy (non-hydrogen) atoms. The van der Waals surface area contributed by atoms with Crippen LogP contribution < -0.4 is 5.32 Å². The number of hydrogen-bond acceptors (Lipinski definition) is 4. The van der Waals surface area contributed by atoms with Crippen molar-refractivity contribution in [1.82, 2.24) is 10.2 Å². The molecule has 1 aliphatic heterocycles. The van der Waals surface area contributed by atoms with Gasteiger partial charge in [0, 0.05) is 25.7 Å². The van der Waals surface area contributed by atoms with E-state index < -0.39 is 11.5 Å². The molecule has 3 unspecified atom stereocenters. The molecule has 0 aromatic carbocycles. The van der Waals surface area contributed by atoms with Crippen molar-refractivity contribution in [2.45, 2.75) is 77.1 Å². The van der Waals surface area contributed by atoms with Crippen molar-refractivity contribution in [3.05, 3.63) is 0 Å². The number of rotatable bonds is 7. The van der Waals surface area contributed by atoms with Crippen LogP contribution in [0.1, 0.15) is 53.9 Å². The first-order valence-corrected chi connectivity index (χ1v) is 7.92. The lowest BCUT2D eigenvalue weighted by molar-refractivity contribution is -0.145. The number of nitrogens with one attached hydrogen (secondary N) is 1. The molecule has 0 radical (unpaired) electrons. The van der Waals surface area contributed by atoms with Gasteiger partial charge < -0.3 is 9.84 Å². The van der Waals surface area contributed by atoms with Crippen LogP contribution in [0.4, 0.5) is 0 Å². The average molecular weight is 300 g/mol. The highest BCUT2D eigenvalue weighted by atomic mass is 16.5. The smallest absolute Gasteiger partial charge is 0.323 e. The average Bonchev–Trinajstić information content (AvgIpc) is 2.37. The van der Waals surface area contributed by atoms with Crippen LogP contribution in [0.3, 0.4) is 0 Å². The predicted molar refractivity (Wildman–Crippen MR) is 84.6 cm³/mol. The number of carboxylic acids is 1. The number of piperidine rings is 1. The lowest BCUT2D eigenvalue weighted by atomic mass is 9.88. The Hall–Kier alpha value is -0.650. The van der Waals surface area contributed by atoms with Gasteiger partial charge in [0.05, 0.1) is 5.60 Å². The first kappa shape index (κ1) is 18.4. The third kappa shape index (κ3) is 4.94. The van der Waals surface area contributed by atoms with Crippen molar-refractivity contribution in [2.75, 3.05) is 20.2 Å². The Bertz CT molecular complexity index is 361. The molecular formula is C16H32N2O3. The van der Waals surface area contributed by atoms with Crippen LogP contribution in [0.25, 0.3) is 0 Å². The summed E-state index contributed by atoms with van der Waals surface area (Å²) in [5.41, 5.74) is -1.01. The van der Waals surface area contributed by atoms with Crippen LogP contribution in [0, 0.1) is 0 Å². The summed E-state index contributed by atoms with van der Waals surface area (Å²) in [6, 6.07) is 0.344. The molecule has 0 aromatic rings. The van der Waals surface area contributed by atoms with E-state index in [2.05, 4.69) is 24.1 Å². The zero-order valence-electron chi connectivity index (χ0n) is 14.4. The maximum Gasteiger partial charge on any atom is 0.323 e. The van der Waals surface area contributed by atoms with Crippen molar-refractivity contribution in [3.8, 4) is 0 Å². The van der Waals surface area contributed by atoms with Crippen molar-refractivity contribution in [2.24, 2.45) is 0 Å². The van der Waals surface area contributed by atoms with E-state index in [9.17, 15) is 9.90 Å². The Labute approximate surface area is 129 Å². The first-order chi connectivity index (χ1) is 9.62. The molecule has 0 saturated carbocycles. The molecule has 0 spiro atoms. The second-order valence-corrected chi connectivity index (χ2v) is 7.22. The van der Waals surface area contributed by atoms with Crippen LogP contribution in [-0.2, 0) is 9.53 Å². The van der Waals surface area contributed by atoms with Crippen molar-refractivity contribution < 1.29 is 14.6 Å². The second-order valence-electron chi connectivity index (χ2n) is 7.22. The van der Waals surface area contributed by atoms with E-state index in [1.807, 2.05) is 13.8 Å². The first-order valence-electron chi connectivity index (χ1n) is 7.92. The van der Waals surface area contributed by atoms with Gasteiger partial charge in [0.15, 0.2) is 0 Å². The molecule has 1 rings (SSSR count). The Morgan fingerprint density at radius 1 is 1.48 bits per heavy atom. The van der Waals surface area contributed by atoms with E-state index in [4.69, 9.17) is 4.74 Å². The standard InChI is InChI=1S/C16H32N2O3/c1-12(2)17-16(5,14(19)20)10-13(3)18-9-7-8-15(4,11-18)21-6/h12-13,17H,7-11H2,1-6H3,(H,19,20). The molecule has 0 bridgehead atoms. The van der Waals surface area contributed by atoms with Gasteiger partial charge in [-0.05, 0) is 60.4 Å². The highest BCUT2D eigenvalue weighted by Gasteiger charge is 2.39. The molecule has 1 aliphatic rings. The summed E-state index contributed by atoms with van der Waals surface area (Å²) >= 11 is 0. The Morgan fingerprint density at radius 3 is 2.57 bits per heavy atom. The number of nitrogens with zero attached hydrogens (tertiary/aromatic N) is 1. The Balaban J connectivity index is 2.73. The quantitative estimate of drug-likeness (QED) is 0.754. The third-order valence-electron chi connectivity index (χ3n) is 4.59. The summed E-state index contributed by atoms with van der Waals surface area (Å²) in [6.07, 6.45) is 2.74. The monoisotopic (exact) mass is 300 g/mol. The van der Waals surface area contributed by atoms with Gasteiger partial charge in [-0.3, -0.25) is 15.0 Å². The van der Waals surface area contributed by atoms with Crippen molar-refractivity contribution in [1.29, 1.82) is 0 Å². The number of hydrogen-bond donors (Lipinski definition) is 2. The number of carboxylic acid groups (broad SMARTS) is 1. The fraction of sp³-hybridized carbons (Fsp3) is 0.938. The largest absolute Gasteiger partial charge is 0.480 e. The summed E-state index contributed by atoms with van der Waals surface area (Å²) < 4.78 is 5.63. The van der Waals surface area contributed by atoms with Crippen LogP contribution >= 0.6 is 0 Å². The lowest BCUT2D eigenvalue weighted by Crippen LogP contribution is -2.57. The second kappa shape index (κ2) is 7.07. The number of aliphatic carboxylic acids is 1. The lowest BCUT2D eigenvalue weighted by Gasteiger charge is -2.44. The van der Waals surface area contributed by atoms with Crippen LogP contribution in [0.5, 0.6) is 0 Å². The molecule has 124 valence electrons. The number of likely N-dealkylation sites (tertiary alicyclic amines) is 1. The van der Waals surface area contributed by atoms with Crippen LogP contribution in [-0.4, -0.2) is 59.4 Å². The summed E-state index contributed by atoms with van der Waals surface area (Å²) in [4.78, 5) is 14.0. The normalized spacial score (nSPS) is 28.3. The molecule has 3 atom stereocenters. The minimum atomic E-state index is -0.894. The highest BCUT2D eigenvalue weighted by molar-refractivity contribution is 5.78. The number of methoxy groups -OCH3 is 1. The van der Waals surface area contributed by atoms with Crippen molar-refractivity contribution in [3.63, 3.8) is 0 Å². The van der Waals surface area contributed by atoms with Gasteiger partial charge in [-0.1, -0.05) is 0 Å². The highest BCUT2D eigenvalue weighted by Crippen LogP contribution is 2.27. The van der Waals surface area contributed by atoms with Gasteiger partial charge in [-0.25, -0.2) is 0 Å². The zero-order chi connectivity index (χ0) is 16.3. The summed E-state index contributed by atoms with van der Waals surface area (Å²) in [6.45, 7) is 11.9. The molecule has 1 fully saturated rings. The Morgan fingerprint density at radius 2 is 2.10 bits per heavy atom. The molecule has 5 heteroatoms. The minimum Gasteiger partial charge on any atom is -0.480 e. The van der Waals surface area contributed by atoms with Gasteiger partial charge in [-0.15, -0.1) is 0 Å². The maximum atomic E-state index is 11.7. The van der Waals surface area contributed by atoms with Gasteiger partial charge >= 0.3 is 5.97 Å². The summed E-state index contributed by atoms with van der Waals surface area (Å²) in [5.74, 6) is -0.783. The van der Waals surface area contributed by atoms with E-state index in [-0.39, 0.29) is 17.7 Å². The van der Waals surface area contributed by atoms with Gasteiger partial charge in [-0.2, -0.15) is 0 Å². The molecule has 1 heterocycles. The van der Waals surface area contributed by atoms with E-state index >= 15 is 0 Å². The topological polar surface area (TPSA) is 61.8 Å². The molecule has 2 N–H and O–H groups in total. The Kier molecular flexibility index (Phi) is 6.20. The number of carbonyl (C=O) groups is 1. The van der Waals surface area contributed by atoms with Gasteiger partial charge in [0.25, 0.3) is 0 Å². The van der Waals surface area contributed by atoms with Gasteiger partial charge in [0.2, 0.25) is 0 Å². The molecule has 0 aromatic heterocycles. The SMILES string of the molecule is COC1(C)CCCN(C(C)CC(C)(NC(C)C)C(=O)O)C1. The number of ether oxygens (including phenoxy) is 1. The predicted octanol–water partition coefficient (Wildman–Crippen LogP) is 2.11. The minimum absolute atomic E-state index is 0.113. The van der Waals surface area contributed by atoms with Gasteiger partial charge in [0.1, 0.15) is 5.54 Å². The molecular weight excluding hydrogens is 268 g/mol. The zero-order valence-corrected chi connectivity index (χ0v) is 14.4. The van der Waals surface area contributed by atoms with E-state index in [1.54, 1.807) is 14.0 Å². The summed E-state index contributed by atoms with van der Waals surface area (Å²) in [7, 11) is 1.76. The molecule has 0 amide bonds. The molecule has 0 aliphatic carbocycles. The fourth-order valence-electron chi connectivity index (χ4n) is 3.35. The molecule has 5 nitrogen and oxygen atoms in total. The van der Waals surface area contributed by atoms with E-state index in [0.29, 0.717) is 6.42 Å². The van der Waals surface area contributed by atoms with E-state index in [1.165, 1.54) is 0 Å². The summed E-state index contributed by atoms with van der Waals surface area (Å²) in [5, 5.41) is 12.8. The van der Waals surface area contributed by atoms with Crippen molar-refractivity contribution >= 4 is 5.97 Å². The molecule has 1 saturated heterocycles. The van der Waals surface area contributed by atoms with Crippen LogP contribution in [0.15, 0.2) is 0 Å². The fourth-order valence-corrected chi connectivity index (χ4v) is 3.35. The van der Waals surface area contributed by atoms with Crippen LogP contribution in [0.2, 0.25) is 0 Å². The maximum absolute atomic E-state index is 11.7. The third-order valence-corrected chi connectivity index (χ3v) is 4.59. The van der Waals surface area contributed by atoms with E-state index in [0.717, 1.165) is 25.9 Å².